The zero-order valence-corrected chi connectivity index (χ0v) is 14.9. The minimum absolute atomic E-state index is 0.298. The quantitative estimate of drug-likeness (QED) is 0.781. The molecule has 1 atom stereocenters. The van der Waals surface area contributed by atoms with Crippen LogP contribution in [0.25, 0.3) is 0 Å². The van der Waals surface area contributed by atoms with Gasteiger partial charge in [0.2, 0.25) is 0 Å². The van der Waals surface area contributed by atoms with Gasteiger partial charge in [-0.1, -0.05) is 35.9 Å². The molecule has 2 aromatic carbocycles. The van der Waals surface area contributed by atoms with E-state index in [1.54, 1.807) is 31.2 Å². The Morgan fingerprint density at radius 1 is 1.08 bits per heavy atom. The molecule has 0 N–H and O–H groups in total. The van der Waals surface area contributed by atoms with Gasteiger partial charge < -0.3 is 4.74 Å². The summed E-state index contributed by atoms with van der Waals surface area (Å²) in [6, 6.07) is 11.6. The van der Waals surface area contributed by atoms with Gasteiger partial charge in [-0.25, -0.2) is 4.79 Å². The van der Waals surface area contributed by atoms with Gasteiger partial charge in [-0.2, -0.15) is 0 Å². The maximum Gasteiger partial charge on any atom is 0.328 e. The molecule has 0 spiro atoms. The highest BCUT2D eigenvalue weighted by atomic mass is 35.5. The predicted molar refractivity (Wildman–Crippen MR) is 95.7 cm³/mol. The smallest absolute Gasteiger partial charge is 0.328 e. The minimum atomic E-state index is -0.763. The average Bonchev–Trinajstić information content (AvgIpc) is 2.56. The Morgan fingerprint density at radius 2 is 1.67 bits per heavy atom. The summed E-state index contributed by atoms with van der Waals surface area (Å²) in [4.78, 5) is 26.7. The van der Waals surface area contributed by atoms with Crippen LogP contribution in [0.1, 0.15) is 28.4 Å². The van der Waals surface area contributed by atoms with Gasteiger partial charge in [0.05, 0.1) is 12.8 Å². The zero-order chi connectivity index (χ0) is 17.9. The number of aryl methyl sites for hydroxylation is 2. The number of amides is 1. The largest absolute Gasteiger partial charge is 0.467 e. The maximum absolute atomic E-state index is 13.1. The average molecular weight is 346 g/mol. The summed E-state index contributed by atoms with van der Waals surface area (Å²) in [5.74, 6) is -0.777. The van der Waals surface area contributed by atoms with Crippen molar-refractivity contribution in [2.24, 2.45) is 0 Å². The summed E-state index contributed by atoms with van der Waals surface area (Å²) < 4.78 is 4.85. The molecule has 4 nitrogen and oxygen atoms in total. The van der Waals surface area contributed by atoms with E-state index in [2.05, 4.69) is 0 Å². The lowest BCUT2D eigenvalue weighted by Gasteiger charge is -2.30. The van der Waals surface area contributed by atoms with Crippen LogP contribution < -0.4 is 4.90 Å². The first-order valence-electron chi connectivity index (χ1n) is 7.60. The molecule has 2 rings (SSSR count). The third-order valence-corrected chi connectivity index (χ3v) is 4.14. The molecule has 24 heavy (non-hydrogen) atoms. The second-order valence-corrected chi connectivity index (χ2v) is 6.06. The minimum Gasteiger partial charge on any atom is -0.467 e. The van der Waals surface area contributed by atoms with E-state index in [1.165, 1.54) is 12.0 Å². The Morgan fingerprint density at radius 3 is 2.21 bits per heavy atom. The van der Waals surface area contributed by atoms with Gasteiger partial charge in [0, 0.05) is 10.6 Å². The van der Waals surface area contributed by atoms with E-state index in [0.717, 1.165) is 11.1 Å². The molecule has 0 fully saturated rings. The van der Waals surface area contributed by atoms with E-state index >= 15 is 0 Å². The summed E-state index contributed by atoms with van der Waals surface area (Å²) in [5, 5.41) is 0.466. The maximum atomic E-state index is 13.1. The van der Waals surface area contributed by atoms with Crippen molar-refractivity contribution < 1.29 is 14.3 Å². The number of hydrogen-bond donors (Lipinski definition) is 0. The predicted octanol–water partition coefficient (Wildman–Crippen LogP) is 4.17. The van der Waals surface area contributed by atoms with E-state index in [0.29, 0.717) is 16.3 Å². The third-order valence-electron chi connectivity index (χ3n) is 3.90. The molecule has 2 aromatic rings. The van der Waals surface area contributed by atoms with Gasteiger partial charge in [-0.15, -0.1) is 0 Å². The molecule has 0 aliphatic carbocycles. The number of ether oxygens (including phenoxy) is 1. The molecule has 0 aromatic heterocycles. The Balaban J connectivity index is 2.59. The number of methoxy groups -OCH3 is 1. The fourth-order valence-electron chi connectivity index (χ4n) is 2.69. The molecule has 0 radical (unpaired) electrons. The first-order chi connectivity index (χ1) is 11.4. The van der Waals surface area contributed by atoms with Crippen molar-refractivity contribution in [2.75, 3.05) is 12.0 Å². The first-order valence-corrected chi connectivity index (χ1v) is 7.97. The van der Waals surface area contributed by atoms with Crippen LogP contribution in [-0.2, 0) is 9.53 Å². The molecule has 0 bridgehead atoms. The summed E-state index contributed by atoms with van der Waals surface area (Å²) >= 11 is 6.01. The van der Waals surface area contributed by atoms with Crippen LogP contribution in [0.5, 0.6) is 0 Å². The second-order valence-electron chi connectivity index (χ2n) is 5.63. The van der Waals surface area contributed by atoms with E-state index in [9.17, 15) is 9.59 Å². The molecule has 126 valence electrons. The summed E-state index contributed by atoms with van der Waals surface area (Å²) in [5.41, 5.74) is 2.93. The standard InChI is InChI=1S/C19H20ClNO3/c1-12-7-5-8-13(2)17(12)21(14(3)19(23)24-4)18(22)15-9-6-10-16(20)11-15/h5-11,14H,1-4H3/t14-/m0/s1. The van der Waals surface area contributed by atoms with Crippen LogP contribution >= 0.6 is 11.6 Å². The number of hydrogen-bond acceptors (Lipinski definition) is 3. The molecular formula is C19H20ClNO3. The van der Waals surface area contributed by atoms with Crippen molar-refractivity contribution in [3.63, 3.8) is 0 Å². The number of esters is 1. The summed E-state index contributed by atoms with van der Waals surface area (Å²) in [6.45, 7) is 5.47. The highest BCUT2D eigenvalue weighted by Gasteiger charge is 2.31. The monoisotopic (exact) mass is 345 g/mol. The van der Waals surface area contributed by atoms with Crippen LogP contribution in [-0.4, -0.2) is 25.0 Å². The topological polar surface area (TPSA) is 46.6 Å². The number of carbonyl (C=O) groups is 2. The van der Waals surface area contributed by atoms with Gasteiger partial charge in [0.25, 0.3) is 5.91 Å². The fraction of sp³-hybridized carbons (Fsp3) is 0.263. The molecule has 0 heterocycles. The van der Waals surface area contributed by atoms with E-state index in [-0.39, 0.29) is 5.91 Å². The molecular weight excluding hydrogens is 326 g/mol. The molecule has 1 amide bonds. The Labute approximate surface area is 147 Å². The molecule has 0 aliphatic heterocycles. The molecule has 5 heteroatoms. The molecule has 0 saturated carbocycles. The van der Waals surface area contributed by atoms with E-state index in [4.69, 9.17) is 16.3 Å². The van der Waals surface area contributed by atoms with Crippen molar-refractivity contribution >= 4 is 29.2 Å². The van der Waals surface area contributed by atoms with Crippen molar-refractivity contribution in [2.45, 2.75) is 26.8 Å². The highest BCUT2D eigenvalue weighted by Crippen LogP contribution is 2.29. The lowest BCUT2D eigenvalue weighted by molar-refractivity contribution is -0.141. The number of benzene rings is 2. The number of anilines is 1. The number of carbonyl (C=O) groups excluding carboxylic acids is 2. The van der Waals surface area contributed by atoms with Crippen molar-refractivity contribution in [3.8, 4) is 0 Å². The van der Waals surface area contributed by atoms with Gasteiger partial charge in [0.1, 0.15) is 6.04 Å². The van der Waals surface area contributed by atoms with Gasteiger partial charge >= 0.3 is 5.97 Å². The van der Waals surface area contributed by atoms with Crippen molar-refractivity contribution in [1.82, 2.24) is 0 Å². The second kappa shape index (κ2) is 7.49. The molecule has 0 unspecified atom stereocenters. The zero-order valence-electron chi connectivity index (χ0n) is 14.2. The lowest BCUT2D eigenvalue weighted by Crippen LogP contribution is -2.44. The van der Waals surface area contributed by atoms with Crippen LogP contribution in [0.4, 0.5) is 5.69 Å². The van der Waals surface area contributed by atoms with Crippen LogP contribution in [0.3, 0.4) is 0 Å². The summed E-state index contributed by atoms with van der Waals surface area (Å²) in [6.07, 6.45) is 0. The normalized spacial score (nSPS) is 11.7. The molecule has 0 saturated heterocycles. The van der Waals surface area contributed by atoms with Crippen molar-refractivity contribution in [1.29, 1.82) is 0 Å². The molecule has 0 aliphatic rings. The van der Waals surface area contributed by atoms with Gasteiger partial charge in [-0.05, 0) is 50.1 Å². The van der Waals surface area contributed by atoms with Crippen LogP contribution in [0.2, 0.25) is 5.02 Å². The Bertz CT molecular complexity index is 753. The number of halogens is 1. The van der Waals surface area contributed by atoms with Gasteiger partial charge in [0.15, 0.2) is 0 Å². The van der Waals surface area contributed by atoms with Crippen molar-refractivity contribution in [3.05, 3.63) is 64.2 Å². The van der Waals surface area contributed by atoms with E-state index in [1.807, 2.05) is 32.0 Å². The first kappa shape index (κ1) is 18.0. The van der Waals surface area contributed by atoms with E-state index < -0.39 is 12.0 Å². The number of para-hydroxylation sites is 1. The summed E-state index contributed by atoms with van der Waals surface area (Å²) in [7, 11) is 1.31. The third kappa shape index (κ3) is 3.60. The highest BCUT2D eigenvalue weighted by molar-refractivity contribution is 6.31. The van der Waals surface area contributed by atoms with Gasteiger partial charge in [-0.3, -0.25) is 9.69 Å². The van der Waals surface area contributed by atoms with Crippen LogP contribution in [0, 0.1) is 13.8 Å². The number of rotatable bonds is 4. The fourth-order valence-corrected chi connectivity index (χ4v) is 2.88. The number of nitrogens with zero attached hydrogens (tertiary/aromatic N) is 1. The Kier molecular flexibility index (Phi) is 5.62. The Hall–Kier alpha value is -2.33. The SMILES string of the molecule is COC(=O)[C@H](C)N(C(=O)c1cccc(Cl)c1)c1c(C)cccc1C. The van der Waals surface area contributed by atoms with Crippen LogP contribution in [0.15, 0.2) is 42.5 Å². The lowest BCUT2D eigenvalue weighted by atomic mass is 10.0.